The fraction of sp³-hybridized carbons (Fsp3) is 0.0588. The molecule has 24 heavy (non-hydrogen) atoms. The zero-order chi connectivity index (χ0) is 16.5. The molecule has 0 aliphatic carbocycles. The summed E-state index contributed by atoms with van der Waals surface area (Å²) < 4.78 is 0. The highest BCUT2D eigenvalue weighted by atomic mass is 32.1. The predicted octanol–water partition coefficient (Wildman–Crippen LogP) is 4.38. The molecule has 5 nitrogen and oxygen atoms in total. The highest BCUT2D eigenvalue weighted by molar-refractivity contribution is 7.17. The summed E-state index contributed by atoms with van der Waals surface area (Å²) in [7, 11) is 0. The number of amides is 1. The van der Waals surface area contributed by atoms with E-state index in [2.05, 4.69) is 20.3 Å². The van der Waals surface area contributed by atoms with E-state index < -0.39 is 0 Å². The first kappa shape index (κ1) is 14.9. The van der Waals surface area contributed by atoms with Crippen molar-refractivity contribution in [1.29, 1.82) is 0 Å². The molecule has 0 aliphatic rings. The molecule has 0 unspecified atom stereocenters. The second-order valence-corrected chi connectivity index (χ2v) is 7.27. The molecule has 0 saturated heterocycles. The molecule has 0 saturated carbocycles. The molecule has 1 aromatic carbocycles. The van der Waals surface area contributed by atoms with Crippen molar-refractivity contribution < 1.29 is 4.79 Å². The number of fused-ring (bicyclic) bond motifs is 1. The molecular weight excluding hydrogens is 340 g/mol. The van der Waals surface area contributed by atoms with Gasteiger partial charge in [0.1, 0.15) is 0 Å². The number of nitrogens with one attached hydrogen (secondary N) is 1. The van der Waals surface area contributed by atoms with Crippen molar-refractivity contribution in [1.82, 2.24) is 15.0 Å². The lowest BCUT2D eigenvalue weighted by molar-refractivity contribution is 0.102. The average molecular weight is 352 g/mol. The van der Waals surface area contributed by atoms with Gasteiger partial charge in [0.25, 0.3) is 5.91 Å². The van der Waals surface area contributed by atoms with Gasteiger partial charge in [0.2, 0.25) is 0 Å². The smallest absolute Gasteiger partial charge is 0.257 e. The Balaban J connectivity index is 1.60. The van der Waals surface area contributed by atoms with Crippen LogP contribution in [-0.2, 0) is 0 Å². The van der Waals surface area contributed by atoms with Crippen molar-refractivity contribution in [3.63, 3.8) is 0 Å². The summed E-state index contributed by atoms with van der Waals surface area (Å²) in [5.41, 5.74) is 2.92. The minimum Gasteiger partial charge on any atom is -0.298 e. The van der Waals surface area contributed by atoms with Gasteiger partial charge in [-0.1, -0.05) is 6.07 Å². The van der Waals surface area contributed by atoms with Crippen LogP contribution in [0.15, 0.2) is 48.1 Å². The molecule has 3 heterocycles. The van der Waals surface area contributed by atoms with E-state index in [-0.39, 0.29) is 5.91 Å². The Morgan fingerprint density at radius 3 is 2.75 bits per heavy atom. The molecule has 0 atom stereocenters. The van der Waals surface area contributed by atoms with Crippen LogP contribution in [0.3, 0.4) is 0 Å². The van der Waals surface area contributed by atoms with Crippen LogP contribution in [0.4, 0.5) is 5.13 Å². The van der Waals surface area contributed by atoms with Gasteiger partial charge in [-0.15, -0.1) is 22.7 Å². The van der Waals surface area contributed by atoms with Gasteiger partial charge in [-0.25, -0.2) is 4.98 Å². The first-order valence-corrected chi connectivity index (χ1v) is 8.94. The number of carbonyl (C=O) groups excluding carboxylic acids is 1. The summed E-state index contributed by atoms with van der Waals surface area (Å²) in [4.78, 5) is 27.6. The van der Waals surface area contributed by atoms with E-state index in [4.69, 9.17) is 0 Å². The minimum atomic E-state index is -0.200. The quantitative estimate of drug-likeness (QED) is 0.594. The molecular formula is C17H12N4OS2. The van der Waals surface area contributed by atoms with Crippen LogP contribution in [0.5, 0.6) is 0 Å². The molecule has 4 rings (SSSR count). The normalized spacial score (nSPS) is 10.9. The maximum absolute atomic E-state index is 12.5. The molecule has 7 heteroatoms. The van der Waals surface area contributed by atoms with Crippen molar-refractivity contribution in [2.75, 3.05) is 5.32 Å². The third-order valence-corrected chi connectivity index (χ3v) is 5.27. The average Bonchev–Trinajstić information content (AvgIpc) is 3.24. The molecule has 3 aromatic heterocycles. The summed E-state index contributed by atoms with van der Waals surface area (Å²) in [6.45, 7) is 2.01. The van der Waals surface area contributed by atoms with Crippen LogP contribution < -0.4 is 5.32 Å². The van der Waals surface area contributed by atoms with Gasteiger partial charge >= 0.3 is 0 Å². The third kappa shape index (κ3) is 2.79. The highest BCUT2D eigenvalue weighted by Crippen LogP contribution is 2.33. The Morgan fingerprint density at radius 1 is 1.12 bits per heavy atom. The number of hydrogen-bond donors (Lipinski definition) is 1. The van der Waals surface area contributed by atoms with Crippen molar-refractivity contribution in [3.05, 3.63) is 58.5 Å². The summed E-state index contributed by atoms with van der Waals surface area (Å²) in [6.07, 6.45) is 3.24. The number of thiazole rings is 1. The Bertz CT molecular complexity index is 1020. The summed E-state index contributed by atoms with van der Waals surface area (Å²) in [6, 6.07) is 9.29. The van der Waals surface area contributed by atoms with Crippen molar-refractivity contribution >= 4 is 44.7 Å². The number of carbonyl (C=O) groups is 1. The van der Waals surface area contributed by atoms with E-state index in [0.29, 0.717) is 16.2 Å². The number of rotatable bonds is 3. The Morgan fingerprint density at radius 2 is 1.96 bits per heavy atom. The molecule has 0 spiro atoms. The van der Waals surface area contributed by atoms with Gasteiger partial charge in [-0.2, -0.15) is 0 Å². The molecule has 0 bridgehead atoms. The van der Waals surface area contributed by atoms with Crippen LogP contribution >= 0.6 is 22.7 Å². The Kier molecular flexibility index (Phi) is 3.79. The van der Waals surface area contributed by atoms with E-state index in [9.17, 15) is 4.79 Å². The van der Waals surface area contributed by atoms with Crippen LogP contribution in [0.2, 0.25) is 0 Å². The lowest BCUT2D eigenvalue weighted by Crippen LogP contribution is -2.11. The van der Waals surface area contributed by atoms with E-state index in [1.165, 1.54) is 11.3 Å². The van der Waals surface area contributed by atoms with Crippen LogP contribution in [0, 0.1) is 6.92 Å². The Hall–Kier alpha value is -2.64. The topological polar surface area (TPSA) is 67.8 Å². The third-order valence-electron chi connectivity index (χ3n) is 3.50. The first-order chi connectivity index (χ1) is 11.7. The number of anilines is 1. The number of thiophene rings is 1. The largest absolute Gasteiger partial charge is 0.298 e. The van der Waals surface area contributed by atoms with Gasteiger partial charge in [-0.05, 0) is 36.6 Å². The van der Waals surface area contributed by atoms with Crippen molar-refractivity contribution in [2.45, 2.75) is 6.92 Å². The molecule has 4 aromatic rings. The Labute approximate surface area is 146 Å². The number of hydrogen-bond acceptors (Lipinski definition) is 6. The van der Waals surface area contributed by atoms with Gasteiger partial charge in [0.05, 0.1) is 21.6 Å². The molecule has 0 radical (unpaired) electrons. The summed E-state index contributed by atoms with van der Waals surface area (Å²) in [5, 5.41) is 5.48. The SMILES string of the molecule is Cc1sc(NC(=O)c2ccc3nccnc3c2)nc1-c1cccs1. The number of aromatic nitrogens is 3. The van der Waals surface area contributed by atoms with Gasteiger partial charge in [0, 0.05) is 22.8 Å². The van der Waals surface area contributed by atoms with Crippen LogP contribution in [-0.4, -0.2) is 20.9 Å². The number of aryl methyl sites for hydroxylation is 1. The summed E-state index contributed by atoms with van der Waals surface area (Å²) in [5.74, 6) is -0.200. The molecule has 1 amide bonds. The standard InChI is InChI=1S/C17H12N4OS2/c1-10-15(14-3-2-8-23-14)20-17(24-10)21-16(22)11-4-5-12-13(9-11)19-7-6-18-12/h2-9H,1H3,(H,20,21,22). The molecule has 0 aliphatic heterocycles. The molecule has 118 valence electrons. The first-order valence-electron chi connectivity index (χ1n) is 7.24. The van der Waals surface area contributed by atoms with E-state index in [0.717, 1.165) is 21.0 Å². The summed E-state index contributed by atoms with van der Waals surface area (Å²) >= 11 is 3.11. The monoisotopic (exact) mass is 352 g/mol. The van der Waals surface area contributed by atoms with E-state index >= 15 is 0 Å². The lowest BCUT2D eigenvalue weighted by atomic mass is 10.2. The van der Waals surface area contributed by atoms with Gasteiger partial charge in [0.15, 0.2) is 5.13 Å². The minimum absolute atomic E-state index is 0.200. The second kappa shape index (κ2) is 6.10. The molecule has 1 N–H and O–H groups in total. The lowest BCUT2D eigenvalue weighted by Gasteiger charge is -2.02. The van der Waals surface area contributed by atoms with Gasteiger partial charge in [-0.3, -0.25) is 20.1 Å². The maximum atomic E-state index is 12.5. The number of benzene rings is 1. The fourth-order valence-electron chi connectivity index (χ4n) is 2.37. The van der Waals surface area contributed by atoms with E-state index in [1.807, 2.05) is 24.4 Å². The van der Waals surface area contributed by atoms with E-state index in [1.54, 1.807) is 41.9 Å². The number of nitrogens with zero attached hydrogens (tertiary/aromatic N) is 3. The zero-order valence-electron chi connectivity index (χ0n) is 12.7. The predicted molar refractivity (Wildman–Crippen MR) is 97.7 cm³/mol. The van der Waals surface area contributed by atoms with Crippen LogP contribution in [0.25, 0.3) is 21.6 Å². The fourth-order valence-corrected chi connectivity index (χ4v) is 4.02. The second-order valence-electron chi connectivity index (χ2n) is 5.12. The van der Waals surface area contributed by atoms with Crippen molar-refractivity contribution in [2.24, 2.45) is 0 Å². The van der Waals surface area contributed by atoms with Crippen LogP contribution in [0.1, 0.15) is 15.2 Å². The molecule has 0 fully saturated rings. The maximum Gasteiger partial charge on any atom is 0.257 e. The van der Waals surface area contributed by atoms with Crippen molar-refractivity contribution in [3.8, 4) is 10.6 Å². The zero-order valence-corrected chi connectivity index (χ0v) is 14.3. The van der Waals surface area contributed by atoms with Gasteiger partial charge < -0.3 is 0 Å². The highest BCUT2D eigenvalue weighted by Gasteiger charge is 2.14.